The molecule has 0 bridgehead atoms. The molecule has 2 aromatic rings. The molecule has 1 saturated carbocycles. The summed E-state index contributed by atoms with van der Waals surface area (Å²) in [6.45, 7) is 0.650. The van der Waals surface area contributed by atoms with Crippen molar-refractivity contribution < 1.29 is 26.7 Å². The fourth-order valence-electron chi connectivity index (χ4n) is 2.99. The Kier molecular flexibility index (Phi) is 6.68. The summed E-state index contributed by atoms with van der Waals surface area (Å²) in [7, 11) is -3.37. The van der Waals surface area contributed by atoms with Gasteiger partial charge in [-0.25, -0.2) is 13.4 Å². The van der Waals surface area contributed by atoms with Gasteiger partial charge in [-0.05, 0) is 30.9 Å². The van der Waals surface area contributed by atoms with Gasteiger partial charge in [0.05, 0.1) is 6.04 Å². The first-order valence-electron chi connectivity index (χ1n) is 9.70. The highest BCUT2D eigenvalue weighted by atomic mass is 32.2. The van der Waals surface area contributed by atoms with Gasteiger partial charge in [-0.15, -0.1) is 0 Å². The maximum Gasteiger partial charge on any atom is 0.303 e. The minimum absolute atomic E-state index is 0.0839. The minimum atomic E-state index is -3.37. The number of hydrogen-bond acceptors (Lipinski definition) is 6. The van der Waals surface area contributed by atoms with Crippen LogP contribution in [-0.4, -0.2) is 36.6 Å². The average Bonchev–Trinajstić information content (AvgIpc) is 2.64. The zero-order chi connectivity index (χ0) is 22.6. The van der Waals surface area contributed by atoms with Crippen molar-refractivity contribution in [3.05, 3.63) is 59.4 Å². The summed E-state index contributed by atoms with van der Waals surface area (Å²) >= 11 is 0. The molecule has 7 nitrogen and oxygen atoms in total. The first-order chi connectivity index (χ1) is 14.5. The van der Waals surface area contributed by atoms with Crippen molar-refractivity contribution in [3.8, 4) is 11.6 Å². The van der Waals surface area contributed by atoms with Gasteiger partial charge in [0.15, 0.2) is 9.84 Å². The molecule has 0 spiro atoms. The Morgan fingerprint density at radius 1 is 1.29 bits per heavy atom. The number of aromatic nitrogens is 2. The van der Waals surface area contributed by atoms with Gasteiger partial charge < -0.3 is 10.1 Å². The first kappa shape index (κ1) is 22.8. The van der Waals surface area contributed by atoms with Crippen LogP contribution in [0.3, 0.4) is 0 Å². The van der Waals surface area contributed by atoms with E-state index in [9.17, 15) is 22.0 Å². The van der Waals surface area contributed by atoms with E-state index in [1.165, 1.54) is 6.08 Å². The second-order valence-corrected chi connectivity index (χ2v) is 9.50. The monoisotopic (exact) mass is 451 g/mol. The summed E-state index contributed by atoms with van der Waals surface area (Å²) in [4.78, 5) is 20.4. The summed E-state index contributed by atoms with van der Waals surface area (Å²) in [5, 5.41) is 3.81. The number of sulfone groups is 1. The third-order valence-electron chi connectivity index (χ3n) is 4.84. The van der Waals surface area contributed by atoms with Crippen molar-refractivity contribution >= 4 is 15.7 Å². The number of amides is 1. The Morgan fingerprint density at radius 2 is 1.97 bits per heavy atom. The fourth-order valence-corrected chi connectivity index (χ4v) is 3.44. The molecule has 1 unspecified atom stereocenters. The van der Waals surface area contributed by atoms with Crippen LogP contribution in [0, 0.1) is 5.92 Å². The molecular weight excluding hydrogens is 428 g/mol. The van der Waals surface area contributed by atoms with Crippen LogP contribution in [0.15, 0.2) is 48.0 Å². The number of alkyl halides is 2. The fraction of sp³-hybridized carbons (Fsp3) is 0.381. The molecule has 0 aliphatic heterocycles. The lowest BCUT2D eigenvalue weighted by Crippen LogP contribution is -2.42. The second-order valence-electron chi connectivity index (χ2n) is 7.56. The van der Waals surface area contributed by atoms with Crippen molar-refractivity contribution in [2.45, 2.75) is 38.2 Å². The van der Waals surface area contributed by atoms with E-state index < -0.39 is 33.5 Å². The maximum atomic E-state index is 13.7. The Hall–Kier alpha value is -2.88. The van der Waals surface area contributed by atoms with Gasteiger partial charge in [-0.2, -0.15) is 13.8 Å². The van der Waals surface area contributed by atoms with Crippen LogP contribution < -0.4 is 10.1 Å². The topological polar surface area (TPSA) is 98.2 Å². The number of rotatable bonds is 8. The molecule has 1 N–H and O–H groups in total. The SMILES string of the molecule is CC(F)(F)c1ncc(C(=O)NC(/C=C/S(C)(=O)=O)C2CCC2)c(Oc2ccccc2)n1. The van der Waals surface area contributed by atoms with Crippen LogP contribution in [0.2, 0.25) is 0 Å². The number of nitrogens with zero attached hydrogens (tertiary/aromatic N) is 2. The number of para-hydroxylation sites is 1. The summed E-state index contributed by atoms with van der Waals surface area (Å²) in [6, 6.07) is 7.79. The van der Waals surface area contributed by atoms with Gasteiger partial charge in [0.2, 0.25) is 11.7 Å². The molecule has 1 fully saturated rings. The Balaban J connectivity index is 1.91. The van der Waals surface area contributed by atoms with E-state index >= 15 is 0 Å². The van der Waals surface area contributed by atoms with E-state index in [0.717, 1.165) is 37.1 Å². The van der Waals surface area contributed by atoms with Crippen LogP contribution in [-0.2, 0) is 15.8 Å². The molecule has 31 heavy (non-hydrogen) atoms. The summed E-state index contributed by atoms with van der Waals surface area (Å²) in [5.41, 5.74) is -0.131. The number of carbonyl (C=O) groups is 1. The lowest BCUT2D eigenvalue weighted by Gasteiger charge is -2.32. The van der Waals surface area contributed by atoms with E-state index in [4.69, 9.17) is 4.74 Å². The summed E-state index contributed by atoms with van der Waals surface area (Å²) in [6.07, 6.45) is 6.14. The van der Waals surface area contributed by atoms with E-state index in [0.29, 0.717) is 12.7 Å². The minimum Gasteiger partial charge on any atom is -0.438 e. The Morgan fingerprint density at radius 3 is 2.52 bits per heavy atom. The normalized spacial score (nSPS) is 16.0. The zero-order valence-electron chi connectivity index (χ0n) is 17.1. The standard InChI is InChI=1S/C21H23F2N3O4S/c1-21(22,23)20-24-13-16(19(26-20)30-15-9-4-3-5-10-15)18(27)25-17(14-7-6-8-14)11-12-31(2,28)29/h3-5,9-14,17H,6-8H2,1-2H3,(H,25,27)/b12-11+. The molecular formula is C21H23F2N3O4S. The van der Waals surface area contributed by atoms with Crippen LogP contribution in [0.1, 0.15) is 42.4 Å². The van der Waals surface area contributed by atoms with Crippen LogP contribution in [0.5, 0.6) is 11.6 Å². The highest BCUT2D eigenvalue weighted by Crippen LogP contribution is 2.32. The van der Waals surface area contributed by atoms with Crippen molar-refractivity contribution in [1.82, 2.24) is 15.3 Å². The molecule has 0 radical (unpaired) electrons. The van der Waals surface area contributed by atoms with E-state index in [2.05, 4.69) is 15.3 Å². The molecule has 10 heteroatoms. The molecule has 1 atom stereocenters. The second kappa shape index (κ2) is 9.09. The number of ether oxygens (including phenoxy) is 1. The van der Waals surface area contributed by atoms with Gasteiger partial charge in [-0.3, -0.25) is 4.79 Å². The first-order valence-corrected chi connectivity index (χ1v) is 11.7. The number of halogens is 2. The third-order valence-corrected chi connectivity index (χ3v) is 5.49. The number of benzene rings is 1. The quantitative estimate of drug-likeness (QED) is 0.655. The van der Waals surface area contributed by atoms with Crippen molar-refractivity contribution in [2.75, 3.05) is 6.26 Å². The van der Waals surface area contributed by atoms with Crippen LogP contribution >= 0.6 is 0 Å². The molecule has 1 heterocycles. The van der Waals surface area contributed by atoms with Crippen molar-refractivity contribution in [1.29, 1.82) is 0 Å². The van der Waals surface area contributed by atoms with Crippen LogP contribution in [0.25, 0.3) is 0 Å². The van der Waals surface area contributed by atoms with Gasteiger partial charge in [-0.1, -0.05) is 30.7 Å². The smallest absolute Gasteiger partial charge is 0.303 e. The van der Waals surface area contributed by atoms with E-state index in [1.807, 2.05) is 0 Å². The highest BCUT2D eigenvalue weighted by Gasteiger charge is 2.32. The number of hydrogen-bond donors (Lipinski definition) is 1. The van der Waals surface area contributed by atoms with E-state index in [-0.39, 0.29) is 17.4 Å². The maximum absolute atomic E-state index is 13.7. The molecule has 166 valence electrons. The molecule has 3 rings (SSSR count). The van der Waals surface area contributed by atoms with Crippen LogP contribution in [0.4, 0.5) is 8.78 Å². The third kappa shape index (κ3) is 6.30. The number of nitrogens with one attached hydrogen (secondary N) is 1. The van der Waals surface area contributed by atoms with Crippen molar-refractivity contribution in [2.24, 2.45) is 5.92 Å². The predicted octanol–water partition coefficient (Wildman–Crippen LogP) is 3.84. The molecule has 1 aliphatic carbocycles. The zero-order valence-corrected chi connectivity index (χ0v) is 17.9. The van der Waals surface area contributed by atoms with E-state index in [1.54, 1.807) is 30.3 Å². The van der Waals surface area contributed by atoms with Gasteiger partial charge >= 0.3 is 5.92 Å². The van der Waals surface area contributed by atoms with Crippen molar-refractivity contribution in [3.63, 3.8) is 0 Å². The largest absolute Gasteiger partial charge is 0.438 e. The highest BCUT2D eigenvalue weighted by molar-refractivity contribution is 7.93. The molecule has 1 aromatic carbocycles. The molecule has 1 aromatic heterocycles. The lowest BCUT2D eigenvalue weighted by atomic mass is 9.79. The number of carbonyl (C=O) groups excluding carboxylic acids is 1. The molecule has 1 aliphatic rings. The molecule has 0 saturated heterocycles. The van der Waals surface area contributed by atoms with Gasteiger partial charge in [0.1, 0.15) is 11.3 Å². The molecule has 1 amide bonds. The Bertz CT molecular complexity index is 1070. The summed E-state index contributed by atoms with van der Waals surface area (Å²) < 4.78 is 56.1. The Labute approximate surface area is 179 Å². The summed E-state index contributed by atoms with van der Waals surface area (Å²) in [5.74, 6) is -4.66. The lowest BCUT2D eigenvalue weighted by molar-refractivity contribution is 0.00707. The van der Waals surface area contributed by atoms with Gasteiger partial charge in [0, 0.05) is 24.8 Å². The van der Waals surface area contributed by atoms with Gasteiger partial charge in [0.25, 0.3) is 5.91 Å². The average molecular weight is 451 g/mol. The predicted molar refractivity (Wildman–Crippen MR) is 111 cm³/mol.